The number of unbranched alkanes of at least 4 members (excludes halogenated alkanes) is 7. The molecule has 0 saturated carbocycles. The van der Waals surface area contributed by atoms with Crippen LogP contribution in [0.15, 0.2) is 0 Å². The van der Waals surface area contributed by atoms with Crippen molar-refractivity contribution in [1.29, 1.82) is 0 Å². The Bertz CT molecular complexity index is 176. The molecule has 0 aromatic heterocycles. The van der Waals surface area contributed by atoms with Crippen LogP contribution in [0.4, 0.5) is 0 Å². The molecule has 0 saturated heterocycles. The van der Waals surface area contributed by atoms with E-state index in [0.717, 1.165) is 6.54 Å². The molecule has 1 N–H and O–H groups in total. The van der Waals surface area contributed by atoms with Gasteiger partial charge in [0, 0.05) is 12.1 Å². The van der Waals surface area contributed by atoms with Crippen molar-refractivity contribution in [2.24, 2.45) is 0 Å². The Morgan fingerprint density at radius 3 is 1.83 bits per heavy atom. The first-order chi connectivity index (χ1) is 8.50. The lowest BCUT2D eigenvalue weighted by molar-refractivity contribution is 0.190. The van der Waals surface area contributed by atoms with Crippen LogP contribution in [0.5, 0.6) is 0 Å². The Kier molecular flexibility index (Phi) is 10.8. The van der Waals surface area contributed by atoms with E-state index in [2.05, 4.69) is 45.1 Å². The molecule has 0 aromatic rings. The van der Waals surface area contributed by atoms with E-state index >= 15 is 0 Å². The Balaban J connectivity index is 3.21. The van der Waals surface area contributed by atoms with Gasteiger partial charge in [0.25, 0.3) is 0 Å². The molecule has 0 amide bonds. The van der Waals surface area contributed by atoms with E-state index in [4.69, 9.17) is 0 Å². The topological polar surface area (TPSA) is 15.3 Å². The molecule has 0 heterocycles. The van der Waals surface area contributed by atoms with E-state index in [-0.39, 0.29) is 5.54 Å². The quantitative estimate of drug-likeness (QED) is 0.530. The second-order valence-electron chi connectivity index (χ2n) is 6.36. The number of rotatable bonds is 12. The first kappa shape index (κ1) is 17.9. The Labute approximate surface area is 116 Å². The summed E-state index contributed by atoms with van der Waals surface area (Å²) in [7, 11) is 4.30. The fourth-order valence-electron chi connectivity index (χ4n) is 1.94. The highest BCUT2D eigenvalue weighted by molar-refractivity contribution is 4.79. The van der Waals surface area contributed by atoms with Gasteiger partial charge in [-0.25, -0.2) is 0 Å². The summed E-state index contributed by atoms with van der Waals surface area (Å²) in [6.45, 7) is 9.10. The van der Waals surface area contributed by atoms with Gasteiger partial charge < -0.3 is 10.2 Å². The lowest BCUT2D eigenvalue weighted by Crippen LogP contribution is -2.46. The molecule has 0 aromatic carbocycles. The fraction of sp³-hybridized carbons (Fsp3) is 1.00. The smallest absolute Gasteiger partial charge is 0.0271 e. The average Bonchev–Trinajstić information content (AvgIpc) is 2.31. The second-order valence-corrected chi connectivity index (χ2v) is 6.36. The van der Waals surface area contributed by atoms with Crippen LogP contribution in [-0.4, -0.2) is 37.6 Å². The van der Waals surface area contributed by atoms with Gasteiger partial charge in [0.15, 0.2) is 0 Å². The molecule has 0 unspecified atom stereocenters. The molecular weight excluding hydrogens is 220 g/mol. The minimum Gasteiger partial charge on any atom is -0.315 e. The minimum absolute atomic E-state index is 0.264. The van der Waals surface area contributed by atoms with Crippen molar-refractivity contribution in [3.8, 4) is 0 Å². The third-order valence-corrected chi connectivity index (χ3v) is 3.98. The molecule has 0 aliphatic rings. The number of hydrogen-bond donors (Lipinski definition) is 1. The van der Waals surface area contributed by atoms with Crippen molar-refractivity contribution in [3.63, 3.8) is 0 Å². The summed E-state index contributed by atoms with van der Waals surface area (Å²) >= 11 is 0. The van der Waals surface area contributed by atoms with Gasteiger partial charge >= 0.3 is 0 Å². The maximum absolute atomic E-state index is 3.58. The summed E-state index contributed by atoms with van der Waals surface area (Å²) in [4.78, 5) is 2.29. The van der Waals surface area contributed by atoms with E-state index < -0.39 is 0 Å². The van der Waals surface area contributed by atoms with Crippen LogP contribution >= 0.6 is 0 Å². The Morgan fingerprint density at radius 1 is 0.833 bits per heavy atom. The van der Waals surface area contributed by atoms with Crippen LogP contribution in [0, 0.1) is 0 Å². The summed E-state index contributed by atoms with van der Waals surface area (Å²) in [5.41, 5.74) is 0.264. The molecule has 0 spiro atoms. The molecule has 0 aliphatic heterocycles. The highest BCUT2D eigenvalue weighted by atomic mass is 15.2. The second kappa shape index (κ2) is 10.8. The van der Waals surface area contributed by atoms with Gasteiger partial charge in [0.2, 0.25) is 0 Å². The Morgan fingerprint density at radius 2 is 1.33 bits per heavy atom. The van der Waals surface area contributed by atoms with Crippen LogP contribution in [0.3, 0.4) is 0 Å². The van der Waals surface area contributed by atoms with Crippen LogP contribution < -0.4 is 5.32 Å². The van der Waals surface area contributed by atoms with Gasteiger partial charge in [-0.15, -0.1) is 0 Å². The fourth-order valence-corrected chi connectivity index (χ4v) is 1.94. The predicted molar refractivity (Wildman–Crippen MR) is 83.2 cm³/mol. The molecule has 0 radical (unpaired) electrons. The third-order valence-electron chi connectivity index (χ3n) is 3.98. The highest BCUT2D eigenvalue weighted by Gasteiger charge is 2.18. The standard InChI is InChI=1S/C16H36N2/c1-6-7-8-9-10-11-12-13-14-17-15-16(2,3)18(4)5/h17H,6-15H2,1-5H3. The van der Waals surface area contributed by atoms with Gasteiger partial charge in [0.05, 0.1) is 0 Å². The van der Waals surface area contributed by atoms with Crippen LogP contribution in [0.1, 0.15) is 72.1 Å². The predicted octanol–water partition coefficient (Wildman–Crippen LogP) is 4.06. The maximum atomic E-state index is 3.58. The van der Waals surface area contributed by atoms with E-state index in [9.17, 15) is 0 Å². The van der Waals surface area contributed by atoms with Gasteiger partial charge in [-0.2, -0.15) is 0 Å². The average molecular weight is 256 g/mol. The molecular formula is C16H36N2. The summed E-state index contributed by atoms with van der Waals surface area (Å²) in [6, 6.07) is 0. The molecule has 0 atom stereocenters. The molecule has 18 heavy (non-hydrogen) atoms. The number of hydrogen-bond acceptors (Lipinski definition) is 2. The van der Waals surface area contributed by atoms with Gasteiger partial charge in [-0.3, -0.25) is 0 Å². The molecule has 0 rings (SSSR count). The molecule has 110 valence electrons. The number of likely N-dealkylation sites (N-methyl/N-ethyl adjacent to an activating group) is 1. The first-order valence-electron chi connectivity index (χ1n) is 7.89. The first-order valence-corrected chi connectivity index (χ1v) is 7.89. The van der Waals surface area contributed by atoms with Gasteiger partial charge in [0.1, 0.15) is 0 Å². The lowest BCUT2D eigenvalue weighted by Gasteiger charge is -2.32. The van der Waals surface area contributed by atoms with Crippen molar-refractivity contribution < 1.29 is 0 Å². The molecule has 0 bridgehead atoms. The van der Waals surface area contributed by atoms with Crippen molar-refractivity contribution in [1.82, 2.24) is 10.2 Å². The maximum Gasteiger partial charge on any atom is 0.0271 e. The van der Waals surface area contributed by atoms with Crippen LogP contribution in [-0.2, 0) is 0 Å². The highest BCUT2D eigenvalue weighted by Crippen LogP contribution is 2.09. The number of nitrogens with one attached hydrogen (secondary N) is 1. The molecule has 0 fully saturated rings. The third kappa shape index (κ3) is 9.90. The van der Waals surface area contributed by atoms with Crippen LogP contribution in [0.2, 0.25) is 0 Å². The van der Waals surface area contributed by atoms with E-state index in [0.29, 0.717) is 0 Å². The van der Waals surface area contributed by atoms with Crippen molar-refractivity contribution in [2.45, 2.75) is 77.7 Å². The van der Waals surface area contributed by atoms with Gasteiger partial charge in [-0.1, -0.05) is 51.9 Å². The molecule has 2 nitrogen and oxygen atoms in total. The van der Waals surface area contributed by atoms with Gasteiger partial charge in [-0.05, 0) is 40.9 Å². The van der Waals surface area contributed by atoms with E-state index in [1.807, 2.05) is 0 Å². The van der Waals surface area contributed by atoms with Crippen molar-refractivity contribution in [3.05, 3.63) is 0 Å². The van der Waals surface area contributed by atoms with E-state index in [1.165, 1.54) is 57.9 Å². The summed E-state index contributed by atoms with van der Waals surface area (Å²) in [6.07, 6.45) is 11.2. The van der Waals surface area contributed by atoms with Crippen molar-refractivity contribution >= 4 is 0 Å². The van der Waals surface area contributed by atoms with E-state index in [1.54, 1.807) is 0 Å². The monoisotopic (exact) mass is 256 g/mol. The molecule has 2 heteroatoms. The Hall–Kier alpha value is -0.0800. The molecule has 0 aliphatic carbocycles. The summed E-state index contributed by atoms with van der Waals surface area (Å²) < 4.78 is 0. The normalized spacial score (nSPS) is 12.3. The minimum atomic E-state index is 0.264. The van der Waals surface area contributed by atoms with Crippen molar-refractivity contribution in [2.75, 3.05) is 27.2 Å². The zero-order chi connectivity index (χ0) is 13.9. The lowest BCUT2D eigenvalue weighted by atomic mass is 10.0. The number of nitrogens with zero attached hydrogens (tertiary/aromatic N) is 1. The largest absolute Gasteiger partial charge is 0.315 e. The zero-order valence-electron chi connectivity index (χ0n) is 13.5. The van der Waals surface area contributed by atoms with Crippen LogP contribution in [0.25, 0.3) is 0 Å². The zero-order valence-corrected chi connectivity index (χ0v) is 13.5. The summed E-state index contributed by atoms with van der Waals surface area (Å²) in [5.74, 6) is 0. The SMILES string of the molecule is CCCCCCCCCCNCC(C)(C)N(C)C. The summed E-state index contributed by atoms with van der Waals surface area (Å²) in [5, 5.41) is 3.58.